The number of hydrogen-bond donors (Lipinski definition) is 0. The smallest absolute Gasteiger partial charge is 0.186 e. The van der Waals surface area contributed by atoms with Gasteiger partial charge in [0.2, 0.25) is 0 Å². The monoisotopic (exact) mass is 850 g/mol. The Morgan fingerprint density at radius 2 is 1.22 bits per heavy atom. The second kappa shape index (κ2) is 14.9. The van der Waals surface area contributed by atoms with Gasteiger partial charge in [0.25, 0.3) is 0 Å². The lowest BCUT2D eigenvalue weighted by atomic mass is 9.86. The van der Waals surface area contributed by atoms with Crippen molar-refractivity contribution >= 4 is 44.6 Å². The third-order valence-electron chi connectivity index (χ3n) is 13.8. The van der Waals surface area contributed by atoms with Gasteiger partial charge < -0.3 is 4.74 Å². The molecule has 1 saturated heterocycles. The molecule has 3 aliphatic rings. The van der Waals surface area contributed by atoms with Crippen molar-refractivity contribution in [3.63, 3.8) is 0 Å². The van der Waals surface area contributed by atoms with E-state index >= 15 is 0 Å². The highest BCUT2D eigenvalue weighted by atomic mass is 16.5. The lowest BCUT2D eigenvalue weighted by Crippen LogP contribution is -2.67. The number of nitrogens with zero attached hydrogens (tertiary/aromatic N) is 4. The summed E-state index contributed by atoms with van der Waals surface area (Å²) >= 11 is 0. The van der Waals surface area contributed by atoms with E-state index in [-0.39, 0.29) is 10.8 Å². The highest BCUT2D eigenvalue weighted by molar-refractivity contribution is 6.09. The zero-order chi connectivity index (χ0) is 45.8. The molecule has 322 valence electrons. The van der Waals surface area contributed by atoms with Gasteiger partial charge in [-0.25, -0.2) is 4.98 Å². The molecule has 5 heteroatoms. The second-order valence-electron chi connectivity index (χ2n) is 20.4. The lowest BCUT2D eigenvalue weighted by molar-refractivity contribution is 0.187. The van der Waals surface area contributed by atoms with Crippen molar-refractivity contribution in [3.05, 3.63) is 199 Å². The van der Waals surface area contributed by atoms with E-state index in [4.69, 9.17) is 9.72 Å². The van der Waals surface area contributed by atoms with E-state index in [0.717, 1.165) is 51.7 Å². The minimum Gasteiger partial charge on any atom is -0.457 e. The summed E-state index contributed by atoms with van der Waals surface area (Å²) in [6, 6.07) is 61.2. The zero-order valence-corrected chi connectivity index (χ0v) is 38.7. The summed E-state index contributed by atoms with van der Waals surface area (Å²) in [7, 11) is 0. The van der Waals surface area contributed by atoms with E-state index in [0.29, 0.717) is 8.97 Å². The van der Waals surface area contributed by atoms with Gasteiger partial charge in [-0.15, -0.1) is 0 Å². The Labute approximate surface area is 385 Å². The molecular weight excluding hydrogens is 793 g/mol. The Morgan fingerprint density at radius 1 is 0.585 bits per heavy atom. The zero-order valence-electron chi connectivity index (χ0n) is 39.7. The molecule has 2 bridgehead atoms. The number of pyridine rings is 1. The number of quaternary nitrogens is 2. The van der Waals surface area contributed by atoms with Crippen LogP contribution in [0.3, 0.4) is 0 Å². The SMILES string of the molecule is [2H]C(C)(C)c1cccc2c1[N@@+]1(c3c(-c4ccccc4)cccc3-c3ccccc3)[CH-][N@+]2(c2cc(Oc3ccc4c5ccccc5n(-c5cc(C(C)(C)C)ccn5)c4c3)cc(C(C)(C)C)c2)C1. The topological polar surface area (TPSA) is 27.1 Å². The number of fused-ring (bicyclic) bond motifs is 3. The van der Waals surface area contributed by atoms with Crippen LogP contribution in [0.5, 0.6) is 11.5 Å². The van der Waals surface area contributed by atoms with Crippen molar-refractivity contribution in [3.8, 4) is 39.6 Å². The fraction of sp³-hybridized carbons (Fsp3) is 0.200. The normalized spacial score (nSPS) is 18.4. The van der Waals surface area contributed by atoms with Gasteiger partial charge in [-0.05, 0) is 87.5 Å². The molecule has 9 aromatic rings. The maximum atomic E-state index is 9.62. The van der Waals surface area contributed by atoms with Gasteiger partial charge in [0.05, 0.1) is 17.7 Å². The van der Waals surface area contributed by atoms with Gasteiger partial charge in [0.15, 0.2) is 18.0 Å². The molecule has 0 aliphatic carbocycles. The molecule has 0 N–H and O–H groups in total. The van der Waals surface area contributed by atoms with Gasteiger partial charge in [-0.2, -0.15) is 0 Å². The molecule has 0 unspecified atom stereocenters. The molecule has 5 nitrogen and oxygen atoms in total. The molecule has 0 spiro atoms. The van der Waals surface area contributed by atoms with Crippen LogP contribution in [0.2, 0.25) is 0 Å². The van der Waals surface area contributed by atoms with Crippen LogP contribution in [-0.4, -0.2) is 16.2 Å². The summed E-state index contributed by atoms with van der Waals surface area (Å²) in [5.41, 5.74) is 14.9. The van der Waals surface area contributed by atoms with Crippen LogP contribution in [-0.2, 0) is 10.8 Å². The number of aromatic nitrogens is 2. The Kier molecular flexibility index (Phi) is 9.11. The van der Waals surface area contributed by atoms with Crippen LogP contribution in [0.4, 0.5) is 22.7 Å². The van der Waals surface area contributed by atoms with Crippen molar-refractivity contribution in [2.75, 3.05) is 6.67 Å². The Morgan fingerprint density at radius 3 is 1.88 bits per heavy atom. The molecule has 65 heavy (non-hydrogen) atoms. The van der Waals surface area contributed by atoms with Crippen molar-refractivity contribution in [1.82, 2.24) is 18.5 Å². The van der Waals surface area contributed by atoms with E-state index < -0.39 is 5.89 Å². The summed E-state index contributed by atoms with van der Waals surface area (Å²) in [5, 5.41) is 2.33. The Bertz CT molecular complexity index is 3290. The summed E-state index contributed by atoms with van der Waals surface area (Å²) in [4.78, 5) is 4.93. The average molecular weight is 851 g/mol. The molecule has 0 saturated carbocycles. The van der Waals surface area contributed by atoms with Crippen molar-refractivity contribution in [2.45, 2.75) is 72.1 Å². The highest BCUT2D eigenvalue weighted by Gasteiger charge is 2.65. The highest BCUT2D eigenvalue weighted by Crippen LogP contribution is 2.69. The maximum absolute atomic E-state index is 9.62. The van der Waals surface area contributed by atoms with Gasteiger partial charge in [-0.1, -0.05) is 152 Å². The first kappa shape index (κ1) is 39.8. The number of rotatable bonds is 8. The first-order valence-corrected chi connectivity index (χ1v) is 22.9. The first-order chi connectivity index (χ1) is 31.5. The van der Waals surface area contributed by atoms with Crippen LogP contribution in [0, 0.1) is 6.67 Å². The summed E-state index contributed by atoms with van der Waals surface area (Å²) < 4.78 is 20.0. The van der Waals surface area contributed by atoms with Crippen LogP contribution >= 0.6 is 0 Å². The van der Waals surface area contributed by atoms with Crippen molar-refractivity contribution in [2.24, 2.45) is 0 Å². The standard InChI is InChI=1S/C60H57N4O/c1-40(2)48-24-18-28-55-58(48)64(57-49(41-19-11-9-12-20-41)25-17-26-50(57)42-21-13-10-14-22-42)38-63(55,39-64)45-33-44(60(6,7)8)34-47(36-45)65-46-29-30-52-51-23-15-16-27-53(51)62(54(52)37-46)56-35-43(31-32-61-56)59(3,4)5/h9-38,40H,39H2,1-8H3/q+1/t63-,64+/m1/s1/i40D. The molecule has 2 atom stereocenters. The summed E-state index contributed by atoms with van der Waals surface area (Å²) in [5.74, 6) is 1.59. The van der Waals surface area contributed by atoms with E-state index in [1.54, 1.807) is 0 Å². The number of benzene rings is 7. The minimum absolute atomic E-state index is 0.0246. The minimum atomic E-state index is -0.853. The van der Waals surface area contributed by atoms with Crippen LogP contribution < -0.4 is 13.7 Å². The molecule has 3 aliphatic heterocycles. The summed E-state index contributed by atoms with van der Waals surface area (Å²) in [6.45, 7) is 20.9. The van der Waals surface area contributed by atoms with Crippen LogP contribution in [0.25, 0.3) is 49.9 Å². The molecule has 1 fully saturated rings. The quantitative estimate of drug-likeness (QED) is 0.112. The van der Waals surface area contributed by atoms with Gasteiger partial charge in [0.1, 0.15) is 28.7 Å². The molecule has 5 heterocycles. The van der Waals surface area contributed by atoms with E-state index in [1.807, 2.05) is 20.0 Å². The fourth-order valence-corrected chi connectivity index (χ4v) is 10.5. The number of ether oxygens (including phenoxy) is 1. The van der Waals surface area contributed by atoms with Gasteiger partial charge >= 0.3 is 0 Å². The van der Waals surface area contributed by atoms with Gasteiger partial charge in [-0.3, -0.25) is 13.5 Å². The third-order valence-corrected chi connectivity index (χ3v) is 13.8. The third kappa shape index (κ3) is 6.55. The molecular formula is C60H57N4O+. The van der Waals surface area contributed by atoms with E-state index in [1.165, 1.54) is 55.8 Å². The first-order valence-electron chi connectivity index (χ1n) is 23.4. The summed E-state index contributed by atoms with van der Waals surface area (Å²) in [6.07, 6.45) is 1.93. The van der Waals surface area contributed by atoms with Gasteiger partial charge in [0, 0.05) is 59.3 Å². The van der Waals surface area contributed by atoms with Crippen LogP contribution in [0.15, 0.2) is 176 Å². The average Bonchev–Trinajstić information content (AvgIpc) is 3.89. The molecule has 12 rings (SSSR count). The molecule has 7 aromatic carbocycles. The maximum Gasteiger partial charge on any atom is 0.186 e. The molecule has 0 amide bonds. The largest absolute Gasteiger partial charge is 0.457 e. The van der Waals surface area contributed by atoms with Crippen molar-refractivity contribution < 1.29 is 6.11 Å². The fourth-order valence-electron chi connectivity index (χ4n) is 10.5. The molecule has 0 radical (unpaired) electrons. The van der Waals surface area contributed by atoms with E-state index in [9.17, 15) is 1.37 Å². The second-order valence-corrected chi connectivity index (χ2v) is 20.4. The Hall–Kier alpha value is -6.79. The molecule has 2 aromatic heterocycles. The van der Waals surface area contributed by atoms with E-state index in [2.05, 4.69) is 223 Å². The lowest BCUT2D eigenvalue weighted by Gasteiger charge is -2.57. The van der Waals surface area contributed by atoms with Crippen LogP contribution in [0.1, 0.15) is 79.3 Å². The number of hydrogen-bond acceptors (Lipinski definition) is 2. The Balaban J connectivity index is 1.09. The predicted octanol–water partition coefficient (Wildman–Crippen LogP) is 16.4. The predicted molar refractivity (Wildman–Crippen MR) is 272 cm³/mol. The number of para-hydroxylation sites is 3. The van der Waals surface area contributed by atoms with Crippen molar-refractivity contribution in [1.29, 1.82) is 0 Å².